The Hall–Kier alpha value is 0.530. The molecule has 5 atom stereocenters. The van der Waals surface area contributed by atoms with Gasteiger partial charge in [0, 0.05) is 0 Å². The fourth-order valence-corrected chi connectivity index (χ4v) is 1.87. The first-order valence-corrected chi connectivity index (χ1v) is 4.77. The Bertz CT molecular complexity index is 150. The Morgan fingerprint density at radius 3 is 2.25 bits per heavy atom. The highest BCUT2D eigenvalue weighted by atomic mass is 127. The van der Waals surface area contributed by atoms with Crippen molar-refractivity contribution in [1.29, 1.82) is 0 Å². The van der Waals surface area contributed by atoms with Gasteiger partial charge in [0.1, 0.15) is 12.2 Å². The van der Waals surface area contributed by atoms with Gasteiger partial charge in [0.05, 0.1) is 16.6 Å². The van der Waals surface area contributed by atoms with Crippen LogP contribution in [0.25, 0.3) is 0 Å². The van der Waals surface area contributed by atoms with Crippen LogP contribution in [-0.2, 0) is 4.74 Å². The lowest BCUT2D eigenvalue weighted by molar-refractivity contribution is -0.246. The first-order valence-electron chi connectivity index (χ1n) is 3.52. The SMILES string of the molecule is OCC1OC(O)C(O)C(I)C1O. The van der Waals surface area contributed by atoms with Gasteiger partial charge in [0.25, 0.3) is 0 Å². The molecule has 1 rings (SSSR count). The lowest BCUT2D eigenvalue weighted by Crippen LogP contribution is -2.56. The second-order valence-corrected chi connectivity index (χ2v) is 4.11. The molecule has 0 spiro atoms. The smallest absolute Gasteiger partial charge is 0.182 e. The molecular weight excluding hydrogens is 279 g/mol. The third-order valence-corrected chi connectivity index (χ3v) is 3.29. The van der Waals surface area contributed by atoms with Crippen molar-refractivity contribution in [3.05, 3.63) is 0 Å². The molecule has 0 aromatic carbocycles. The molecule has 1 fully saturated rings. The zero-order chi connectivity index (χ0) is 9.30. The van der Waals surface area contributed by atoms with Crippen LogP contribution >= 0.6 is 22.6 Å². The summed E-state index contributed by atoms with van der Waals surface area (Å²) < 4.78 is 4.21. The molecule has 1 heterocycles. The maximum atomic E-state index is 9.36. The Kier molecular flexibility index (Phi) is 3.68. The minimum absolute atomic E-state index is 0.371. The van der Waals surface area contributed by atoms with Gasteiger partial charge in [-0.05, 0) is 0 Å². The number of ether oxygens (including phenoxy) is 1. The van der Waals surface area contributed by atoms with Gasteiger partial charge in [-0.25, -0.2) is 0 Å². The third-order valence-electron chi connectivity index (χ3n) is 1.82. The first kappa shape index (κ1) is 10.6. The molecule has 72 valence electrons. The number of hydrogen-bond donors (Lipinski definition) is 4. The molecule has 6 heteroatoms. The van der Waals surface area contributed by atoms with Crippen molar-refractivity contribution in [1.82, 2.24) is 0 Å². The molecular formula is C6H11IO5. The molecule has 1 aliphatic heterocycles. The van der Waals surface area contributed by atoms with Crippen LogP contribution in [0.15, 0.2) is 0 Å². The van der Waals surface area contributed by atoms with E-state index in [-0.39, 0.29) is 6.61 Å². The lowest BCUT2D eigenvalue weighted by Gasteiger charge is -2.37. The summed E-state index contributed by atoms with van der Waals surface area (Å²) >= 11 is 1.81. The summed E-state index contributed by atoms with van der Waals surface area (Å²) in [5, 5.41) is 36.3. The molecule has 1 saturated heterocycles. The van der Waals surface area contributed by atoms with E-state index in [1.807, 2.05) is 22.6 Å². The predicted molar refractivity (Wildman–Crippen MR) is 47.8 cm³/mol. The average molecular weight is 290 g/mol. The first-order chi connectivity index (χ1) is 5.57. The Morgan fingerprint density at radius 1 is 1.17 bits per heavy atom. The van der Waals surface area contributed by atoms with E-state index < -0.39 is 28.5 Å². The normalized spacial score (nSPS) is 49.2. The van der Waals surface area contributed by atoms with Crippen LogP contribution in [0, 0.1) is 0 Å². The van der Waals surface area contributed by atoms with E-state index in [1.165, 1.54) is 0 Å². The van der Waals surface area contributed by atoms with E-state index in [0.29, 0.717) is 0 Å². The van der Waals surface area contributed by atoms with Crippen molar-refractivity contribution < 1.29 is 25.2 Å². The predicted octanol–water partition coefficient (Wildman–Crippen LogP) is -1.78. The fraction of sp³-hybridized carbons (Fsp3) is 1.00. The number of alkyl halides is 1. The second-order valence-electron chi connectivity index (χ2n) is 2.67. The second kappa shape index (κ2) is 4.16. The van der Waals surface area contributed by atoms with Crippen LogP contribution in [-0.4, -0.2) is 55.6 Å². The van der Waals surface area contributed by atoms with Gasteiger partial charge < -0.3 is 25.2 Å². The zero-order valence-electron chi connectivity index (χ0n) is 6.17. The van der Waals surface area contributed by atoms with Crippen LogP contribution in [0.2, 0.25) is 0 Å². The summed E-state index contributed by atoms with van der Waals surface area (Å²) in [5.74, 6) is 0. The van der Waals surface area contributed by atoms with Crippen LogP contribution in [0.1, 0.15) is 0 Å². The Morgan fingerprint density at radius 2 is 1.75 bits per heavy atom. The molecule has 1 aliphatic rings. The van der Waals surface area contributed by atoms with Gasteiger partial charge in [-0.15, -0.1) is 0 Å². The molecule has 0 radical (unpaired) electrons. The Labute approximate surface area is 83.1 Å². The number of rotatable bonds is 1. The Balaban J connectivity index is 2.63. The average Bonchev–Trinajstić information content (AvgIpc) is 2.08. The van der Waals surface area contributed by atoms with E-state index in [0.717, 1.165) is 0 Å². The van der Waals surface area contributed by atoms with Crippen LogP contribution in [0.5, 0.6) is 0 Å². The minimum atomic E-state index is -1.33. The largest absolute Gasteiger partial charge is 0.394 e. The minimum Gasteiger partial charge on any atom is -0.394 e. The lowest BCUT2D eigenvalue weighted by atomic mass is 10.0. The van der Waals surface area contributed by atoms with Crippen molar-refractivity contribution in [3.63, 3.8) is 0 Å². The molecule has 0 saturated carbocycles. The van der Waals surface area contributed by atoms with Gasteiger partial charge in [-0.1, -0.05) is 22.6 Å². The van der Waals surface area contributed by atoms with Crippen LogP contribution in [0.3, 0.4) is 0 Å². The maximum absolute atomic E-state index is 9.36. The summed E-state index contributed by atoms with van der Waals surface area (Å²) in [5.41, 5.74) is 0. The van der Waals surface area contributed by atoms with E-state index >= 15 is 0 Å². The van der Waals surface area contributed by atoms with Crippen molar-refractivity contribution in [2.45, 2.75) is 28.5 Å². The van der Waals surface area contributed by atoms with E-state index in [1.54, 1.807) is 0 Å². The fourth-order valence-electron chi connectivity index (χ4n) is 1.06. The highest BCUT2D eigenvalue weighted by Gasteiger charge is 2.41. The molecule has 0 aromatic heterocycles. The summed E-state index contributed by atoms with van der Waals surface area (Å²) in [6, 6.07) is 0. The summed E-state index contributed by atoms with van der Waals surface area (Å²) in [6.07, 6.45) is -4.20. The quantitative estimate of drug-likeness (QED) is 0.339. The zero-order valence-corrected chi connectivity index (χ0v) is 8.33. The van der Waals surface area contributed by atoms with Crippen molar-refractivity contribution in [2.24, 2.45) is 0 Å². The topological polar surface area (TPSA) is 90.2 Å². The highest BCUT2D eigenvalue weighted by molar-refractivity contribution is 14.1. The molecule has 0 aromatic rings. The van der Waals surface area contributed by atoms with Gasteiger partial charge in [0.15, 0.2) is 6.29 Å². The van der Waals surface area contributed by atoms with Gasteiger partial charge in [0.2, 0.25) is 0 Å². The summed E-state index contributed by atoms with van der Waals surface area (Å²) in [4.78, 5) is 0. The van der Waals surface area contributed by atoms with Crippen molar-refractivity contribution in [3.8, 4) is 0 Å². The van der Waals surface area contributed by atoms with Crippen LogP contribution in [0.4, 0.5) is 0 Å². The monoisotopic (exact) mass is 290 g/mol. The molecule has 4 N–H and O–H groups in total. The van der Waals surface area contributed by atoms with E-state index in [4.69, 9.17) is 14.9 Å². The standard InChI is InChI=1S/C6H11IO5/c7-3-4(9)2(1-8)12-6(11)5(3)10/h2-6,8-11H,1H2. The number of hydrogen-bond acceptors (Lipinski definition) is 5. The molecule has 0 amide bonds. The van der Waals surface area contributed by atoms with Gasteiger partial charge in [-0.2, -0.15) is 0 Å². The molecule has 5 unspecified atom stereocenters. The van der Waals surface area contributed by atoms with Crippen molar-refractivity contribution >= 4 is 22.6 Å². The number of halogens is 1. The number of aliphatic hydroxyl groups excluding tert-OH is 4. The molecule has 0 aliphatic carbocycles. The molecule has 0 bridgehead atoms. The van der Waals surface area contributed by atoms with Crippen molar-refractivity contribution in [2.75, 3.05) is 6.61 Å². The third kappa shape index (κ3) is 1.88. The molecule has 5 nitrogen and oxygen atoms in total. The number of aliphatic hydroxyl groups is 4. The van der Waals surface area contributed by atoms with Gasteiger partial charge in [-0.3, -0.25) is 0 Å². The summed E-state index contributed by atoms with van der Waals surface area (Å²) in [7, 11) is 0. The van der Waals surface area contributed by atoms with E-state index in [9.17, 15) is 10.2 Å². The molecule has 12 heavy (non-hydrogen) atoms. The summed E-state index contributed by atoms with van der Waals surface area (Å²) in [6.45, 7) is -0.371. The van der Waals surface area contributed by atoms with Gasteiger partial charge >= 0.3 is 0 Å². The maximum Gasteiger partial charge on any atom is 0.182 e. The highest BCUT2D eigenvalue weighted by Crippen LogP contribution is 2.25. The van der Waals surface area contributed by atoms with E-state index in [2.05, 4.69) is 0 Å². The van der Waals surface area contributed by atoms with Crippen LogP contribution < -0.4 is 0 Å².